The van der Waals surface area contributed by atoms with Crippen LogP contribution in [0.1, 0.15) is 37.0 Å². The average Bonchev–Trinajstić information content (AvgIpc) is 2.39. The molecule has 4 nitrogen and oxygen atoms in total. The van der Waals surface area contributed by atoms with Gasteiger partial charge >= 0.3 is 5.97 Å². The summed E-state index contributed by atoms with van der Waals surface area (Å²) in [5.74, 6) is 0.387. The zero-order valence-electron chi connectivity index (χ0n) is 11.8. The van der Waals surface area contributed by atoms with Crippen LogP contribution in [0.15, 0.2) is 18.2 Å². The van der Waals surface area contributed by atoms with E-state index in [9.17, 15) is 4.79 Å². The molecule has 2 atom stereocenters. The van der Waals surface area contributed by atoms with Crippen molar-refractivity contribution in [1.29, 1.82) is 0 Å². The van der Waals surface area contributed by atoms with Gasteiger partial charge in [0.25, 0.3) is 0 Å². The molecule has 104 valence electrons. The molecule has 4 heteroatoms. The minimum atomic E-state index is -0.377. The smallest absolute Gasteiger partial charge is 0.340 e. The van der Waals surface area contributed by atoms with Crippen LogP contribution in [-0.2, 0) is 4.74 Å². The van der Waals surface area contributed by atoms with E-state index in [4.69, 9.17) is 10.5 Å². The Hall–Kier alpha value is -1.71. The van der Waals surface area contributed by atoms with Crippen LogP contribution in [0.5, 0.6) is 0 Å². The van der Waals surface area contributed by atoms with Crippen molar-refractivity contribution in [2.45, 2.75) is 32.7 Å². The maximum absolute atomic E-state index is 11.7. The van der Waals surface area contributed by atoms with Crippen LogP contribution >= 0.6 is 0 Å². The Morgan fingerprint density at radius 1 is 1.42 bits per heavy atom. The predicted molar refractivity (Wildman–Crippen MR) is 77.4 cm³/mol. The number of carbonyl (C=O) groups excluding carboxylic acids is 1. The Labute approximate surface area is 114 Å². The molecule has 0 bridgehead atoms. The molecule has 1 aliphatic heterocycles. The molecule has 0 saturated carbocycles. The Bertz CT molecular complexity index is 473. The second-order valence-corrected chi connectivity index (χ2v) is 5.44. The highest BCUT2D eigenvalue weighted by molar-refractivity contribution is 5.96. The number of carbonyl (C=O) groups is 1. The van der Waals surface area contributed by atoms with Crippen LogP contribution in [0.3, 0.4) is 0 Å². The fourth-order valence-corrected chi connectivity index (χ4v) is 2.80. The third-order valence-electron chi connectivity index (χ3n) is 3.91. The number of esters is 1. The number of nitrogens with two attached hydrogens (primary N) is 1. The molecule has 19 heavy (non-hydrogen) atoms. The van der Waals surface area contributed by atoms with Gasteiger partial charge in [-0.3, -0.25) is 0 Å². The van der Waals surface area contributed by atoms with Crippen LogP contribution in [0.4, 0.5) is 11.4 Å². The molecule has 0 amide bonds. The monoisotopic (exact) mass is 262 g/mol. The first-order valence-corrected chi connectivity index (χ1v) is 6.77. The first-order valence-electron chi connectivity index (χ1n) is 6.77. The van der Waals surface area contributed by atoms with Crippen molar-refractivity contribution in [3.63, 3.8) is 0 Å². The SMILES string of the molecule is COC(=O)c1cc(N2CCC(C)CC2C)ccc1N. The van der Waals surface area contributed by atoms with Crippen molar-refractivity contribution in [2.24, 2.45) is 5.92 Å². The number of benzene rings is 1. The van der Waals surface area contributed by atoms with Crippen LogP contribution < -0.4 is 10.6 Å². The second-order valence-electron chi connectivity index (χ2n) is 5.44. The normalized spacial score (nSPS) is 23.2. The van der Waals surface area contributed by atoms with Crippen molar-refractivity contribution in [3.05, 3.63) is 23.8 Å². The number of rotatable bonds is 2. The summed E-state index contributed by atoms with van der Waals surface area (Å²) in [5, 5.41) is 0. The third-order valence-corrected chi connectivity index (χ3v) is 3.91. The van der Waals surface area contributed by atoms with E-state index in [1.165, 1.54) is 20.0 Å². The Morgan fingerprint density at radius 2 is 2.16 bits per heavy atom. The van der Waals surface area contributed by atoms with E-state index >= 15 is 0 Å². The largest absolute Gasteiger partial charge is 0.465 e. The van der Waals surface area contributed by atoms with Gasteiger partial charge in [0.05, 0.1) is 12.7 Å². The van der Waals surface area contributed by atoms with Gasteiger partial charge in [0.1, 0.15) is 0 Å². The summed E-state index contributed by atoms with van der Waals surface area (Å²) in [6.07, 6.45) is 2.36. The maximum atomic E-state index is 11.7. The fraction of sp³-hybridized carbons (Fsp3) is 0.533. The van der Waals surface area contributed by atoms with E-state index in [1.54, 1.807) is 6.07 Å². The van der Waals surface area contributed by atoms with Gasteiger partial charge in [-0.2, -0.15) is 0 Å². The molecule has 1 aromatic carbocycles. The number of nitrogen functional groups attached to an aromatic ring is 1. The van der Waals surface area contributed by atoms with Gasteiger partial charge in [0.2, 0.25) is 0 Å². The van der Waals surface area contributed by atoms with E-state index in [1.807, 2.05) is 12.1 Å². The topological polar surface area (TPSA) is 55.6 Å². The number of anilines is 2. The zero-order valence-corrected chi connectivity index (χ0v) is 11.8. The summed E-state index contributed by atoms with van der Waals surface area (Å²) >= 11 is 0. The molecular formula is C15H22N2O2. The molecule has 1 aromatic rings. The van der Waals surface area contributed by atoms with Gasteiger partial charge in [0.15, 0.2) is 0 Å². The highest BCUT2D eigenvalue weighted by Gasteiger charge is 2.24. The Kier molecular flexibility index (Phi) is 3.98. The lowest BCUT2D eigenvalue weighted by molar-refractivity contribution is 0.0602. The van der Waals surface area contributed by atoms with E-state index in [0.717, 1.165) is 18.2 Å². The zero-order chi connectivity index (χ0) is 14.0. The number of nitrogens with zero attached hydrogens (tertiary/aromatic N) is 1. The lowest BCUT2D eigenvalue weighted by Gasteiger charge is -2.38. The molecule has 0 aliphatic carbocycles. The molecule has 1 heterocycles. The number of methoxy groups -OCH3 is 1. The van der Waals surface area contributed by atoms with E-state index in [-0.39, 0.29) is 5.97 Å². The van der Waals surface area contributed by atoms with Crippen LogP contribution in [0, 0.1) is 5.92 Å². The summed E-state index contributed by atoms with van der Waals surface area (Å²) in [5.41, 5.74) is 7.80. The lowest BCUT2D eigenvalue weighted by atomic mass is 9.93. The number of hydrogen-bond acceptors (Lipinski definition) is 4. The Balaban J connectivity index is 2.28. The lowest BCUT2D eigenvalue weighted by Crippen LogP contribution is -2.40. The van der Waals surface area contributed by atoms with Gasteiger partial charge < -0.3 is 15.4 Å². The number of ether oxygens (including phenoxy) is 1. The number of hydrogen-bond donors (Lipinski definition) is 1. The molecule has 0 radical (unpaired) electrons. The minimum absolute atomic E-state index is 0.377. The van der Waals surface area contributed by atoms with Crippen LogP contribution in [-0.4, -0.2) is 25.7 Å². The van der Waals surface area contributed by atoms with Gasteiger partial charge in [-0.25, -0.2) is 4.79 Å². The fourth-order valence-electron chi connectivity index (χ4n) is 2.80. The average molecular weight is 262 g/mol. The number of piperidine rings is 1. The summed E-state index contributed by atoms with van der Waals surface area (Å²) < 4.78 is 4.77. The Morgan fingerprint density at radius 3 is 2.79 bits per heavy atom. The highest BCUT2D eigenvalue weighted by Crippen LogP contribution is 2.29. The molecular weight excluding hydrogens is 240 g/mol. The van der Waals surface area contributed by atoms with E-state index in [2.05, 4.69) is 18.7 Å². The second kappa shape index (κ2) is 5.51. The van der Waals surface area contributed by atoms with Gasteiger partial charge in [0, 0.05) is 24.0 Å². The third kappa shape index (κ3) is 2.83. The maximum Gasteiger partial charge on any atom is 0.340 e. The summed E-state index contributed by atoms with van der Waals surface area (Å²) in [4.78, 5) is 14.0. The molecule has 2 unspecified atom stereocenters. The summed E-state index contributed by atoms with van der Waals surface area (Å²) in [7, 11) is 1.37. The highest BCUT2D eigenvalue weighted by atomic mass is 16.5. The standard InChI is InChI=1S/C15H22N2O2/c1-10-6-7-17(11(2)8-10)12-4-5-14(16)13(9-12)15(18)19-3/h4-5,9-11H,6-8,16H2,1-3H3. The van der Waals surface area contributed by atoms with Crippen molar-refractivity contribution < 1.29 is 9.53 Å². The minimum Gasteiger partial charge on any atom is -0.465 e. The van der Waals surface area contributed by atoms with Crippen LogP contribution in [0.2, 0.25) is 0 Å². The predicted octanol–water partition coefficient (Wildman–Crippen LogP) is 2.68. The molecule has 2 N–H and O–H groups in total. The van der Waals surface area contributed by atoms with Gasteiger partial charge in [-0.05, 0) is 43.9 Å². The van der Waals surface area contributed by atoms with E-state index < -0.39 is 0 Å². The van der Waals surface area contributed by atoms with E-state index in [0.29, 0.717) is 17.3 Å². The van der Waals surface area contributed by atoms with Gasteiger partial charge in [-0.1, -0.05) is 6.92 Å². The molecule has 0 aromatic heterocycles. The van der Waals surface area contributed by atoms with Crippen molar-refractivity contribution >= 4 is 17.3 Å². The first-order chi connectivity index (χ1) is 9.02. The molecule has 0 spiro atoms. The molecule has 2 rings (SSSR count). The molecule has 1 aliphatic rings. The van der Waals surface area contributed by atoms with Crippen molar-refractivity contribution in [1.82, 2.24) is 0 Å². The van der Waals surface area contributed by atoms with Gasteiger partial charge in [-0.15, -0.1) is 0 Å². The van der Waals surface area contributed by atoms with Crippen molar-refractivity contribution in [2.75, 3.05) is 24.3 Å². The first kappa shape index (κ1) is 13.7. The van der Waals surface area contributed by atoms with Crippen LogP contribution in [0.25, 0.3) is 0 Å². The quantitative estimate of drug-likeness (QED) is 0.657. The molecule has 1 saturated heterocycles. The molecule has 1 fully saturated rings. The van der Waals surface area contributed by atoms with Crippen molar-refractivity contribution in [3.8, 4) is 0 Å². The summed E-state index contributed by atoms with van der Waals surface area (Å²) in [6, 6.07) is 6.09. The summed E-state index contributed by atoms with van der Waals surface area (Å²) in [6.45, 7) is 5.54.